The van der Waals surface area contributed by atoms with Gasteiger partial charge in [-0.2, -0.15) is 0 Å². The van der Waals surface area contributed by atoms with E-state index in [-0.39, 0.29) is 42.9 Å². The van der Waals surface area contributed by atoms with Gasteiger partial charge in [0.15, 0.2) is 0 Å². The quantitative estimate of drug-likeness (QED) is 0.571. The lowest BCUT2D eigenvalue weighted by molar-refractivity contribution is -0.150. The van der Waals surface area contributed by atoms with Crippen molar-refractivity contribution in [3.63, 3.8) is 0 Å². The number of methoxy groups -OCH3 is 1. The van der Waals surface area contributed by atoms with Gasteiger partial charge in [-0.05, 0) is 44.2 Å². The lowest BCUT2D eigenvalue weighted by Gasteiger charge is -2.43. The van der Waals surface area contributed by atoms with E-state index >= 15 is 0 Å². The highest BCUT2D eigenvalue weighted by atomic mass is 35.5. The molecule has 2 aliphatic rings. The molecule has 5 heteroatoms. The summed E-state index contributed by atoms with van der Waals surface area (Å²) >= 11 is 0. The normalized spacial score (nSPS) is 29.1. The number of fused-ring (bicyclic) bond motifs is 2. The molecular formula is C19H27ClFNO2. The number of ether oxygens (including phenoxy) is 1. The number of nitrogens with zero attached hydrogens (tertiary/aromatic N) is 1. The second-order valence-corrected chi connectivity index (χ2v) is 6.73. The maximum atomic E-state index is 12.5. The molecule has 4 atom stereocenters. The Balaban J connectivity index is 0.00000208. The van der Waals surface area contributed by atoms with Crippen LogP contribution in [0.4, 0.5) is 4.39 Å². The molecule has 134 valence electrons. The highest BCUT2D eigenvalue weighted by Gasteiger charge is 2.50. The summed E-state index contributed by atoms with van der Waals surface area (Å²) in [5.41, 5.74) is 1.24. The molecule has 0 unspecified atom stereocenters. The zero-order chi connectivity index (χ0) is 16.2. The van der Waals surface area contributed by atoms with Crippen LogP contribution in [-0.2, 0) is 9.53 Å². The number of esters is 1. The highest BCUT2D eigenvalue weighted by Crippen LogP contribution is 2.47. The number of alkyl halides is 1. The van der Waals surface area contributed by atoms with Crippen LogP contribution < -0.4 is 0 Å². The van der Waals surface area contributed by atoms with Crippen LogP contribution in [-0.4, -0.2) is 43.3 Å². The molecule has 3 rings (SSSR count). The number of halogens is 2. The Morgan fingerprint density at radius 2 is 2.00 bits per heavy atom. The molecule has 2 saturated heterocycles. The number of carbonyl (C=O) groups is 1. The fraction of sp³-hybridized carbons (Fsp3) is 0.632. The second kappa shape index (κ2) is 8.82. The molecule has 2 aliphatic heterocycles. The van der Waals surface area contributed by atoms with Crippen LogP contribution in [0.25, 0.3) is 0 Å². The SMILES string of the molecule is COC(=O)[C@H]1[C@@H](c2ccccc2)C[C@@H]2CC[C@H]1N2CCCCF.Cl. The zero-order valence-electron chi connectivity index (χ0n) is 14.2. The molecule has 3 nitrogen and oxygen atoms in total. The summed E-state index contributed by atoms with van der Waals surface area (Å²) in [5, 5.41) is 0. The summed E-state index contributed by atoms with van der Waals surface area (Å²) in [7, 11) is 1.48. The van der Waals surface area contributed by atoms with E-state index in [2.05, 4.69) is 17.0 Å². The number of unbranched alkanes of at least 4 members (excludes halogenated alkanes) is 1. The number of hydrogen-bond acceptors (Lipinski definition) is 3. The molecule has 1 aromatic rings. The van der Waals surface area contributed by atoms with Crippen molar-refractivity contribution < 1.29 is 13.9 Å². The molecular weight excluding hydrogens is 329 g/mol. The van der Waals surface area contributed by atoms with Crippen LogP contribution in [0.5, 0.6) is 0 Å². The molecule has 0 aliphatic carbocycles. The van der Waals surface area contributed by atoms with E-state index in [1.54, 1.807) is 0 Å². The summed E-state index contributed by atoms with van der Waals surface area (Å²) in [6.45, 7) is 0.643. The van der Waals surface area contributed by atoms with Crippen LogP contribution in [0.15, 0.2) is 30.3 Å². The van der Waals surface area contributed by atoms with Gasteiger partial charge in [0.05, 0.1) is 19.7 Å². The minimum Gasteiger partial charge on any atom is -0.469 e. The number of rotatable bonds is 6. The highest BCUT2D eigenvalue weighted by molar-refractivity contribution is 5.85. The van der Waals surface area contributed by atoms with Gasteiger partial charge in [0.1, 0.15) is 0 Å². The van der Waals surface area contributed by atoms with E-state index in [9.17, 15) is 9.18 Å². The van der Waals surface area contributed by atoms with Crippen LogP contribution in [0.2, 0.25) is 0 Å². The Kier molecular flexibility index (Phi) is 7.05. The molecule has 0 amide bonds. The predicted octanol–water partition coefficient (Wildman–Crippen LogP) is 3.97. The molecule has 2 bridgehead atoms. The van der Waals surface area contributed by atoms with Crippen molar-refractivity contribution in [2.75, 3.05) is 20.3 Å². The summed E-state index contributed by atoms with van der Waals surface area (Å²) in [6.07, 6.45) is 4.66. The lowest BCUT2D eigenvalue weighted by Crippen LogP contribution is -2.51. The predicted molar refractivity (Wildman–Crippen MR) is 95.3 cm³/mol. The van der Waals surface area contributed by atoms with Gasteiger partial charge in [0.25, 0.3) is 0 Å². The first-order chi connectivity index (χ1) is 11.3. The summed E-state index contributed by atoms with van der Waals surface area (Å²) in [5.74, 6) is 0.0322. The number of hydrogen-bond donors (Lipinski definition) is 0. The van der Waals surface area contributed by atoms with Crippen molar-refractivity contribution in [3.8, 4) is 0 Å². The fourth-order valence-electron chi connectivity index (χ4n) is 4.55. The summed E-state index contributed by atoms with van der Waals surface area (Å²) in [6, 6.07) is 11.1. The number of carbonyl (C=O) groups excluding carboxylic acids is 1. The Morgan fingerprint density at radius 3 is 2.67 bits per heavy atom. The Morgan fingerprint density at radius 1 is 1.25 bits per heavy atom. The molecule has 0 N–H and O–H groups in total. The van der Waals surface area contributed by atoms with Gasteiger partial charge in [-0.1, -0.05) is 30.3 Å². The van der Waals surface area contributed by atoms with Crippen molar-refractivity contribution in [1.29, 1.82) is 0 Å². The maximum Gasteiger partial charge on any atom is 0.310 e. The minimum absolute atomic E-state index is 0. The molecule has 2 heterocycles. The van der Waals surface area contributed by atoms with E-state index in [0.717, 1.165) is 32.2 Å². The average molecular weight is 356 g/mol. The van der Waals surface area contributed by atoms with E-state index < -0.39 is 0 Å². The fourth-order valence-corrected chi connectivity index (χ4v) is 4.55. The summed E-state index contributed by atoms with van der Waals surface area (Å²) in [4.78, 5) is 15.0. The Labute approximate surface area is 150 Å². The van der Waals surface area contributed by atoms with Gasteiger partial charge in [-0.3, -0.25) is 14.1 Å². The van der Waals surface area contributed by atoms with Crippen molar-refractivity contribution in [2.24, 2.45) is 5.92 Å². The van der Waals surface area contributed by atoms with Crippen LogP contribution in [0, 0.1) is 5.92 Å². The second-order valence-electron chi connectivity index (χ2n) is 6.73. The van der Waals surface area contributed by atoms with Gasteiger partial charge in [0, 0.05) is 18.0 Å². The van der Waals surface area contributed by atoms with Crippen molar-refractivity contribution in [1.82, 2.24) is 4.90 Å². The molecule has 0 spiro atoms. The summed E-state index contributed by atoms with van der Waals surface area (Å²) < 4.78 is 17.5. The number of benzene rings is 1. The minimum atomic E-state index is -0.254. The van der Waals surface area contributed by atoms with Crippen LogP contribution in [0.3, 0.4) is 0 Å². The third-order valence-electron chi connectivity index (χ3n) is 5.57. The lowest BCUT2D eigenvalue weighted by atomic mass is 9.76. The van der Waals surface area contributed by atoms with E-state index in [0.29, 0.717) is 12.5 Å². The first-order valence-corrected chi connectivity index (χ1v) is 8.70. The third kappa shape index (κ3) is 3.75. The van der Waals surface area contributed by atoms with E-state index in [4.69, 9.17) is 4.74 Å². The molecule has 24 heavy (non-hydrogen) atoms. The Hall–Kier alpha value is -1.13. The Bertz CT molecular complexity index is 527. The first kappa shape index (κ1) is 19.2. The maximum absolute atomic E-state index is 12.5. The van der Waals surface area contributed by atoms with Crippen LogP contribution >= 0.6 is 12.4 Å². The standard InChI is InChI=1S/C19H26FNO2.ClH/c1-23-19(22)18-16(14-7-3-2-4-8-14)13-15-9-10-17(18)21(15)12-6-5-11-20;/h2-4,7-8,15-18H,5-6,9-13H2,1H3;1H/t15-,16+,17+,18-;/m0./s1. The molecule has 0 aromatic heterocycles. The molecule has 1 aromatic carbocycles. The smallest absolute Gasteiger partial charge is 0.310 e. The van der Waals surface area contributed by atoms with Crippen LogP contribution in [0.1, 0.15) is 43.6 Å². The van der Waals surface area contributed by atoms with Gasteiger partial charge in [-0.15, -0.1) is 12.4 Å². The van der Waals surface area contributed by atoms with Gasteiger partial charge in [-0.25, -0.2) is 0 Å². The van der Waals surface area contributed by atoms with Crippen molar-refractivity contribution >= 4 is 18.4 Å². The third-order valence-corrected chi connectivity index (χ3v) is 5.57. The molecule has 2 fully saturated rings. The van der Waals surface area contributed by atoms with Crippen molar-refractivity contribution in [2.45, 2.75) is 50.1 Å². The number of piperidine rings is 1. The molecule has 0 saturated carbocycles. The monoisotopic (exact) mass is 355 g/mol. The average Bonchev–Trinajstić information content (AvgIpc) is 2.87. The largest absolute Gasteiger partial charge is 0.469 e. The topological polar surface area (TPSA) is 29.5 Å². The molecule has 0 radical (unpaired) electrons. The van der Waals surface area contributed by atoms with E-state index in [1.165, 1.54) is 12.7 Å². The van der Waals surface area contributed by atoms with Gasteiger partial charge >= 0.3 is 5.97 Å². The van der Waals surface area contributed by atoms with Crippen molar-refractivity contribution in [3.05, 3.63) is 35.9 Å². The van der Waals surface area contributed by atoms with E-state index in [1.807, 2.05) is 18.2 Å². The first-order valence-electron chi connectivity index (χ1n) is 8.70. The zero-order valence-corrected chi connectivity index (χ0v) is 15.0. The van der Waals surface area contributed by atoms with Gasteiger partial charge in [0.2, 0.25) is 0 Å². The van der Waals surface area contributed by atoms with Gasteiger partial charge < -0.3 is 4.74 Å².